The Kier molecular flexibility index (Phi) is 5.09. The van der Waals surface area contributed by atoms with Gasteiger partial charge in [0.05, 0.1) is 44.3 Å². The minimum Gasteiger partial charge on any atom is -0.497 e. The Morgan fingerprint density at radius 1 is 1.26 bits per heavy atom. The highest BCUT2D eigenvalue weighted by Crippen LogP contribution is 2.43. The third-order valence-electron chi connectivity index (χ3n) is 5.31. The summed E-state index contributed by atoms with van der Waals surface area (Å²) in [6.07, 6.45) is 3.14. The number of carbonyl (C=O) groups excluding carboxylic acids is 1. The number of methoxy groups -OCH3 is 1. The van der Waals surface area contributed by atoms with Crippen LogP contribution in [0.1, 0.15) is 30.1 Å². The molecule has 2 aromatic rings. The van der Waals surface area contributed by atoms with Crippen molar-refractivity contribution >= 4 is 5.91 Å². The van der Waals surface area contributed by atoms with Crippen LogP contribution in [-0.2, 0) is 14.3 Å². The van der Waals surface area contributed by atoms with E-state index in [-0.39, 0.29) is 23.5 Å². The van der Waals surface area contributed by atoms with Crippen LogP contribution in [0.2, 0.25) is 0 Å². The van der Waals surface area contributed by atoms with Gasteiger partial charge in [-0.1, -0.05) is 18.2 Å². The molecule has 6 nitrogen and oxygen atoms in total. The zero-order valence-electron chi connectivity index (χ0n) is 15.4. The number of pyridine rings is 1. The molecule has 1 saturated carbocycles. The predicted octanol–water partition coefficient (Wildman–Crippen LogP) is 2.49. The van der Waals surface area contributed by atoms with Crippen molar-refractivity contribution in [3.05, 3.63) is 59.9 Å². The van der Waals surface area contributed by atoms with Crippen molar-refractivity contribution in [3.8, 4) is 5.75 Å². The lowest BCUT2D eigenvalue weighted by molar-refractivity contribution is -0.210. The van der Waals surface area contributed by atoms with Gasteiger partial charge in [-0.25, -0.2) is 0 Å². The molecule has 1 unspecified atom stereocenters. The van der Waals surface area contributed by atoms with E-state index in [0.29, 0.717) is 32.7 Å². The number of hydrogen-bond donors (Lipinski definition) is 1. The van der Waals surface area contributed by atoms with Crippen LogP contribution in [0.3, 0.4) is 0 Å². The highest BCUT2D eigenvalue weighted by Gasteiger charge is 2.50. The molecule has 1 aliphatic heterocycles. The first-order valence-corrected chi connectivity index (χ1v) is 9.26. The fraction of sp³-hybridized carbons (Fsp3) is 0.429. The molecule has 2 aliphatic rings. The van der Waals surface area contributed by atoms with E-state index in [4.69, 9.17) is 14.2 Å². The molecule has 1 N–H and O–H groups in total. The number of hydrogen-bond acceptors (Lipinski definition) is 5. The van der Waals surface area contributed by atoms with Gasteiger partial charge in [-0.3, -0.25) is 9.78 Å². The first-order chi connectivity index (χ1) is 13.2. The third kappa shape index (κ3) is 3.82. The lowest BCUT2D eigenvalue weighted by atomic mass is 9.70. The number of aromatic nitrogens is 1. The number of carbonyl (C=O) groups is 1. The van der Waals surface area contributed by atoms with E-state index in [9.17, 15) is 4.79 Å². The molecule has 2 heterocycles. The van der Waals surface area contributed by atoms with Gasteiger partial charge in [0, 0.05) is 12.1 Å². The van der Waals surface area contributed by atoms with E-state index in [0.717, 1.165) is 17.0 Å². The first kappa shape index (κ1) is 17.9. The summed E-state index contributed by atoms with van der Waals surface area (Å²) in [6, 6.07) is 13.1. The number of benzene rings is 1. The average molecular weight is 368 g/mol. The van der Waals surface area contributed by atoms with Gasteiger partial charge >= 0.3 is 0 Å². The predicted molar refractivity (Wildman–Crippen MR) is 99.4 cm³/mol. The van der Waals surface area contributed by atoms with Gasteiger partial charge in [0.15, 0.2) is 0 Å². The van der Waals surface area contributed by atoms with Crippen molar-refractivity contribution in [2.45, 2.75) is 24.5 Å². The lowest BCUT2D eigenvalue weighted by Gasteiger charge is -2.48. The maximum Gasteiger partial charge on any atom is 0.224 e. The van der Waals surface area contributed by atoms with Gasteiger partial charge in [0.2, 0.25) is 5.91 Å². The quantitative estimate of drug-likeness (QED) is 0.878. The highest BCUT2D eigenvalue weighted by atomic mass is 16.6. The molecule has 6 heteroatoms. The average Bonchev–Trinajstić information content (AvgIpc) is 2.71. The van der Waals surface area contributed by atoms with Crippen molar-refractivity contribution in [1.29, 1.82) is 0 Å². The Hall–Kier alpha value is -2.44. The second kappa shape index (κ2) is 7.66. The summed E-state index contributed by atoms with van der Waals surface area (Å²) >= 11 is 0. The minimum absolute atomic E-state index is 0.0215. The molecule has 1 amide bonds. The number of amides is 1. The number of nitrogens with one attached hydrogen (secondary N) is 1. The minimum atomic E-state index is -0.325. The maximum absolute atomic E-state index is 12.9. The summed E-state index contributed by atoms with van der Waals surface area (Å²) < 4.78 is 16.7. The molecule has 1 atom stereocenters. The summed E-state index contributed by atoms with van der Waals surface area (Å²) in [4.78, 5) is 17.3. The molecule has 1 aromatic heterocycles. The monoisotopic (exact) mass is 368 g/mol. The smallest absolute Gasteiger partial charge is 0.224 e. The SMILES string of the molecule is COc1cccc(C(NC(=O)C2CC3(COCCO3)C2)c2ccccn2)c1. The summed E-state index contributed by atoms with van der Waals surface area (Å²) in [5.74, 6) is 0.704. The van der Waals surface area contributed by atoms with Crippen molar-refractivity contribution in [2.75, 3.05) is 26.9 Å². The Morgan fingerprint density at radius 2 is 2.15 bits per heavy atom. The maximum atomic E-state index is 12.9. The van der Waals surface area contributed by atoms with Crippen LogP contribution in [0.15, 0.2) is 48.7 Å². The summed E-state index contributed by atoms with van der Waals surface area (Å²) in [7, 11) is 1.63. The van der Waals surface area contributed by atoms with Gasteiger partial charge in [0.1, 0.15) is 5.75 Å². The van der Waals surface area contributed by atoms with Gasteiger partial charge in [-0.15, -0.1) is 0 Å². The van der Waals surface area contributed by atoms with Crippen LogP contribution < -0.4 is 10.1 Å². The number of rotatable bonds is 5. The molecular weight excluding hydrogens is 344 g/mol. The summed E-state index contributed by atoms with van der Waals surface area (Å²) in [6.45, 7) is 1.82. The van der Waals surface area contributed by atoms with Crippen LogP contribution in [0.5, 0.6) is 5.75 Å². The molecular formula is C21H24N2O4. The molecule has 1 spiro atoms. The van der Waals surface area contributed by atoms with E-state index in [1.807, 2.05) is 42.5 Å². The van der Waals surface area contributed by atoms with Crippen molar-refractivity contribution in [3.63, 3.8) is 0 Å². The van der Waals surface area contributed by atoms with Crippen LogP contribution in [-0.4, -0.2) is 43.4 Å². The topological polar surface area (TPSA) is 69.7 Å². The van der Waals surface area contributed by atoms with Crippen molar-refractivity contribution in [2.24, 2.45) is 5.92 Å². The highest BCUT2D eigenvalue weighted by molar-refractivity contribution is 5.81. The molecule has 1 saturated heterocycles. The second-order valence-electron chi connectivity index (χ2n) is 7.16. The molecule has 2 fully saturated rings. The number of ether oxygens (including phenoxy) is 3. The largest absolute Gasteiger partial charge is 0.497 e. The first-order valence-electron chi connectivity index (χ1n) is 9.26. The summed E-state index contributed by atoms with van der Waals surface area (Å²) in [5, 5.41) is 3.17. The van der Waals surface area contributed by atoms with E-state index in [2.05, 4.69) is 10.3 Å². The van der Waals surface area contributed by atoms with Crippen LogP contribution >= 0.6 is 0 Å². The lowest BCUT2D eigenvalue weighted by Crippen LogP contribution is -2.57. The standard InChI is InChI=1S/C21H24N2O4/c1-25-17-6-4-5-15(11-17)19(18-7-2-3-8-22-18)23-20(24)16-12-21(13-16)14-26-9-10-27-21/h2-8,11,16,19H,9-10,12-14H2,1H3,(H,23,24). The van der Waals surface area contributed by atoms with Gasteiger partial charge < -0.3 is 19.5 Å². The normalized spacial score (nSPS) is 25.4. The fourth-order valence-electron chi connectivity index (χ4n) is 3.83. The van der Waals surface area contributed by atoms with E-state index >= 15 is 0 Å². The molecule has 1 aliphatic carbocycles. The molecule has 0 radical (unpaired) electrons. The number of nitrogens with zero attached hydrogens (tertiary/aromatic N) is 1. The second-order valence-corrected chi connectivity index (χ2v) is 7.16. The molecule has 1 aromatic carbocycles. The zero-order valence-corrected chi connectivity index (χ0v) is 15.4. The summed E-state index contributed by atoms with van der Waals surface area (Å²) in [5.41, 5.74) is 1.47. The van der Waals surface area contributed by atoms with E-state index in [1.54, 1.807) is 13.3 Å². The van der Waals surface area contributed by atoms with Gasteiger partial charge in [-0.05, 0) is 42.7 Å². The molecule has 0 bridgehead atoms. The fourth-order valence-corrected chi connectivity index (χ4v) is 3.83. The van der Waals surface area contributed by atoms with Gasteiger partial charge in [-0.2, -0.15) is 0 Å². The van der Waals surface area contributed by atoms with Gasteiger partial charge in [0.25, 0.3) is 0 Å². The Balaban J connectivity index is 1.50. The Bertz CT molecular complexity index is 782. The van der Waals surface area contributed by atoms with Crippen molar-refractivity contribution in [1.82, 2.24) is 10.3 Å². The molecule has 27 heavy (non-hydrogen) atoms. The van der Waals surface area contributed by atoms with Crippen LogP contribution in [0.4, 0.5) is 0 Å². The Labute approximate surface area is 158 Å². The van der Waals surface area contributed by atoms with Crippen LogP contribution in [0.25, 0.3) is 0 Å². The van der Waals surface area contributed by atoms with E-state index < -0.39 is 0 Å². The Morgan fingerprint density at radius 3 is 2.85 bits per heavy atom. The molecule has 142 valence electrons. The van der Waals surface area contributed by atoms with Crippen molar-refractivity contribution < 1.29 is 19.0 Å². The zero-order chi connectivity index (χ0) is 18.7. The van der Waals surface area contributed by atoms with Crippen LogP contribution in [0, 0.1) is 5.92 Å². The van der Waals surface area contributed by atoms with E-state index in [1.165, 1.54) is 0 Å². The molecule has 4 rings (SSSR count). The third-order valence-corrected chi connectivity index (χ3v) is 5.31.